The lowest BCUT2D eigenvalue weighted by atomic mass is 9.77. The third kappa shape index (κ3) is 5.11. The molecule has 0 radical (unpaired) electrons. The number of piperazine rings is 1. The van der Waals surface area contributed by atoms with E-state index in [-0.39, 0.29) is 35.2 Å². The molecule has 3 aliphatic carbocycles. The number of halogens is 3. The first kappa shape index (κ1) is 30.8. The standard InChI is InChI=1S/C34H37F3N2O4S2/c1-34(2)13-11-22(12-14-34)45(42,43)24-6-8-26-25-7-5-23(19-27(25)33(40)28(26)20-24)44(41,21-3-4-21)39-17-15-38(16-18-39)30-10-9-29(35)31(36)32(30)37/h5-10,19-20,22,42-43H,3-4,11-18H2,1-2H3. The van der Waals surface area contributed by atoms with E-state index < -0.39 is 37.7 Å². The van der Waals surface area contributed by atoms with Crippen LogP contribution in [0.3, 0.4) is 0 Å². The average molecular weight is 659 g/mol. The Hall–Kier alpha value is -2.83. The molecule has 11 heteroatoms. The monoisotopic (exact) mass is 658 g/mol. The summed E-state index contributed by atoms with van der Waals surface area (Å²) in [6, 6.07) is 12.6. The van der Waals surface area contributed by atoms with E-state index in [9.17, 15) is 31.3 Å². The van der Waals surface area contributed by atoms with Gasteiger partial charge in [0.05, 0.1) is 25.5 Å². The van der Waals surface area contributed by atoms with Gasteiger partial charge in [-0.15, -0.1) is 0 Å². The molecule has 7 rings (SSSR count). The zero-order valence-corrected chi connectivity index (χ0v) is 27.0. The van der Waals surface area contributed by atoms with Gasteiger partial charge in [0.25, 0.3) is 0 Å². The first-order valence-corrected chi connectivity index (χ1v) is 18.6. The summed E-state index contributed by atoms with van der Waals surface area (Å²) in [5.41, 5.74) is 2.46. The van der Waals surface area contributed by atoms with Gasteiger partial charge < -0.3 is 4.90 Å². The fourth-order valence-corrected chi connectivity index (χ4v) is 11.8. The minimum Gasteiger partial charge on any atom is -0.366 e. The number of hydrogen-bond donors (Lipinski definition) is 2. The van der Waals surface area contributed by atoms with Gasteiger partial charge in [-0.2, -0.15) is 10.6 Å². The van der Waals surface area contributed by atoms with Gasteiger partial charge in [0.2, 0.25) is 0 Å². The summed E-state index contributed by atoms with van der Waals surface area (Å²) in [6.45, 7) is 5.57. The van der Waals surface area contributed by atoms with Gasteiger partial charge in [-0.25, -0.2) is 21.7 Å². The molecule has 6 nitrogen and oxygen atoms in total. The van der Waals surface area contributed by atoms with Gasteiger partial charge in [-0.3, -0.25) is 13.9 Å². The molecular weight excluding hydrogens is 622 g/mol. The maximum atomic E-state index is 14.8. The molecule has 3 fully saturated rings. The predicted molar refractivity (Wildman–Crippen MR) is 173 cm³/mol. The fraction of sp³-hybridized carbons (Fsp3) is 0.412. The molecule has 45 heavy (non-hydrogen) atoms. The zero-order chi connectivity index (χ0) is 31.9. The fourth-order valence-electron chi connectivity index (χ4n) is 7.06. The van der Waals surface area contributed by atoms with E-state index in [1.165, 1.54) is 6.07 Å². The van der Waals surface area contributed by atoms with Crippen LogP contribution >= 0.6 is 10.6 Å². The SMILES string of the molecule is CC1(C)CCC(S(O)(O)c2ccc3c(c2)C(=O)c2cc(S(=O)(=C4CC4)N4CCN(c5ccc(F)c(F)c5F)CC4)ccc2-3)CC1. The number of benzene rings is 3. The number of carbonyl (C=O) groups is 1. The molecule has 0 spiro atoms. The normalized spacial score (nSPS) is 21.8. The molecule has 0 amide bonds. The second-order valence-electron chi connectivity index (χ2n) is 13.4. The number of anilines is 1. The van der Waals surface area contributed by atoms with Gasteiger partial charge >= 0.3 is 0 Å². The molecule has 1 atom stereocenters. The van der Waals surface area contributed by atoms with Crippen molar-refractivity contribution in [1.82, 2.24) is 4.31 Å². The molecule has 2 saturated carbocycles. The van der Waals surface area contributed by atoms with Crippen LogP contribution in [0, 0.1) is 22.9 Å². The van der Waals surface area contributed by atoms with E-state index >= 15 is 0 Å². The van der Waals surface area contributed by atoms with Crippen LogP contribution < -0.4 is 4.90 Å². The highest BCUT2D eigenvalue weighted by atomic mass is 32.3. The lowest BCUT2D eigenvalue weighted by Crippen LogP contribution is -2.49. The molecule has 2 N–H and O–H groups in total. The van der Waals surface area contributed by atoms with Crippen LogP contribution in [0.1, 0.15) is 68.3 Å². The van der Waals surface area contributed by atoms with Crippen LogP contribution in [0.4, 0.5) is 18.9 Å². The number of rotatable bonds is 5. The number of nitrogens with zero attached hydrogens (tertiary/aromatic N) is 2. The molecular formula is C34H37F3N2O4S2. The van der Waals surface area contributed by atoms with Crippen molar-refractivity contribution >= 4 is 36.6 Å². The maximum absolute atomic E-state index is 14.8. The van der Waals surface area contributed by atoms with Crippen LogP contribution in [-0.2, 0) is 9.71 Å². The van der Waals surface area contributed by atoms with E-state index in [0.717, 1.165) is 47.7 Å². The predicted octanol–water partition coefficient (Wildman–Crippen LogP) is 7.74. The molecule has 1 saturated heterocycles. The summed E-state index contributed by atoms with van der Waals surface area (Å²) in [6.07, 6.45) is 4.70. The number of ketones is 1. The molecule has 4 aliphatic rings. The van der Waals surface area contributed by atoms with Crippen molar-refractivity contribution < 1.29 is 31.3 Å². The van der Waals surface area contributed by atoms with E-state index in [1.54, 1.807) is 29.2 Å². The molecule has 0 bridgehead atoms. The summed E-state index contributed by atoms with van der Waals surface area (Å²) in [7, 11) is -5.93. The Morgan fingerprint density at radius 2 is 1.36 bits per heavy atom. The van der Waals surface area contributed by atoms with Crippen molar-refractivity contribution in [3.63, 3.8) is 0 Å². The Balaban J connectivity index is 1.15. The van der Waals surface area contributed by atoms with Crippen molar-refractivity contribution in [2.24, 2.45) is 5.41 Å². The third-order valence-electron chi connectivity index (χ3n) is 9.98. The maximum Gasteiger partial charge on any atom is 0.196 e. The summed E-state index contributed by atoms with van der Waals surface area (Å²) < 4.78 is 81.2. The number of fused-ring (bicyclic) bond motifs is 3. The highest BCUT2D eigenvalue weighted by molar-refractivity contribution is 8.24. The lowest BCUT2D eigenvalue weighted by molar-refractivity contribution is 0.104. The van der Waals surface area contributed by atoms with Gasteiger partial charge in [0.15, 0.2) is 23.2 Å². The second-order valence-corrected chi connectivity index (χ2v) is 18.3. The summed E-state index contributed by atoms with van der Waals surface area (Å²) in [5.74, 6) is -4.21. The third-order valence-corrected chi connectivity index (χ3v) is 15.5. The molecule has 1 heterocycles. The first-order chi connectivity index (χ1) is 21.3. The largest absolute Gasteiger partial charge is 0.366 e. The molecule has 3 aromatic carbocycles. The van der Waals surface area contributed by atoms with Crippen LogP contribution in [0.25, 0.3) is 11.1 Å². The van der Waals surface area contributed by atoms with Gasteiger partial charge in [0.1, 0.15) is 0 Å². The topological polar surface area (TPSA) is 81.1 Å². The minimum atomic E-state index is -3.10. The smallest absolute Gasteiger partial charge is 0.196 e. The summed E-state index contributed by atoms with van der Waals surface area (Å²) in [5, 5.41) is -0.242. The second kappa shape index (κ2) is 10.9. The Kier molecular flexibility index (Phi) is 7.44. The van der Waals surface area contributed by atoms with Crippen LogP contribution in [0.2, 0.25) is 0 Å². The average Bonchev–Trinajstić information content (AvgIpc) is 3.85. The Labute approximate surface area is 263 Å². The Morgan fingerprint density at radius 3 is 1.96 bits per heavy atom. The lowest BCUT2D eigenvalue weighted by Gasteiger charge is -2.45. The molecule has 3 aromatic rings. The van der Waals surface area contributed by atoms with Crippen molar-refractivity contribution in [3.8, 4) is 11.1 Å². The molecule has 240 valence electrons. The highest BCUT2D eigenvalue weighted by Gasteiger charge is 2.38. The van der Waals surface area contributed by atoms with E-state index in [4.69, 9.17) is 0 Å². The van der Waals surface area contributed by atoms with Crippen LogP contribution in [0.5, 0.6) is 0 Å². The number of hydrogen-bond acceptors (Lipinski definition) is 5. The van der Waals surface area contributed by atoms with Gasteiger partial charge in [-0.05, 0) is 91.5 Å². The number of carbonyl (C=O) groups excluding carboxylic acids is 1. The summed E-state index contributed by atoms with van der Waals surface area (Å²) in [4.78, 5) is 17.2. The highest BCUT2D eigenvalue weighted by Crippen LogP contribution is 2.59. The first-order valence-electron chi connectivity index (χ1n) is 15.4. The van der Waals surface area contributed by atoms with E-state index in [2.05, 4.69) is 13.8 Å². The van der Waals surface area contributed by atoms with E-state index in [0.29, 0.717) is 46.8 Å². The van der Waals surface area contributed by atoms with Crippen molar-refractivity contribution in [2.75, 3.05) is 31.1 Å². The molecule has 1 unspecified atom stereocenters. The van der Waals surface area contributed by atoms with E-state index in [1.807, 2.05) is 16.4 Å². The molecule has 0 aromatic heterocycles. The van der Waals surface area contributed by atoms with Gasteiger partial charge in [-0.1, -0.05) is 26.0 Å². The minimum absolute atomic E-state index is 0.0247. The Bertz CT molecular complexity index is 1840. The van der Waals surface area contributed by atoms with Crippen molar-refractivity contribution in [2.45, 2.75) is 67.4 Å². The quantitative estimate of drug-likeness (QED) is 0.169. The zero-order valence-electron chi connectivity index (χ0n) is 25.3. The van der Waals surface area contributed by atoms with Crippen LogP contribution in [-0.4, -0.2) is 59.7 Å². The van der Waals surface area contributed by atoms with Gasteiger partial charge in [0, 0.05) is 47.1 Å². The Morgan fingerprint density at radius 1 is 0.778 bits per heavy atom. The van der Waals surface area contributed by atoms with Crippen LogP contribution in [0.15, 0.2) is 58.3 Å². The van der Waals surface area contributed by atoms with Crippen molar-refractivity contribution in [1.29, 1.82) is 0 Å². The molecule has 1 aliphatic heterocycles. The summed E-state index contributed by atoms with van der Waals surface area (Å²) >= 11 is 0. The van der Waals surface area contributed by atoms with Crippen molar-refractivity contribution in [3.05, 3.63) is 77.1 Å².